The van der Waals surface area contributed by atoms with Crippen molar-refractivity contribution in [3.63, 3.8) is 0 Å². The van der Waals surface area contributed by atoms with E-state index in [0.29, 0.717) is 17.7 Å². The smallest absolute Gasteiger partial charge is 0.336 e. The van der Waals surface area contributed by atoms with Gasteiger partial charge in [-0.3, -0.25) is 14.8 Å². The number of rotatable bonds is 3. The molecular formula is C20H24N2O3. The standard InChI is InChI=1S/C20H24N2O3/c1-5-25-19(24)16-12(2)22-14-9-20(3,4)10-15(23)18(14)17(16)13-7-6-8-21-11-13/h6-8,11,17-18H,5,9-10H2,1-4H3. The molecule has 0 aromatic carbocycles. The van der Waals surface area contributed by atoms with Crippen LogP contribution in [0.15, 0.2) is 40.8 Å². The van der Waals surface area contributed by atoms with Gasteiger partial charge in [0.05, 0.1) is 18.1 Å². The van der Waals surface area contributed by atoms with Gasteiger partial charge in [-0.25, -0.2) is 4.79 Å². The molecule has 1 aliphatic carbocycles. The van der Waals surface area contributed by atoms with Crippen molar-refractivity contribution >= 4 is 17.5 Å². The van der Waals surface area contributed by atoms with E-state index in [1.807, 2.05) is 19.1 Å². The molecular weight excluding hydrogens is 316 g/mol. The molecule has 25 heavy (non-hydrogen) atoms. The van der Waals surface area contributed by atoms with E-state index in [1.165, 1.54) is 0 Å². The van der Waals surface area contributed by atoms with E-state index >= 15 is 0 Å². The summed E-state index contributed by atoms with van der Waals surface area (Å²) in [5, 5.41) is 0. The largest absolute Gasteiger partial charge is 0.463 e. The molecule has 1 saturated carbocycles. The van der Waals surface area contributed by atoms with E-state index in [1.54, 1.807) is 19.3 Å². The van der Waals surface area contributed by atoms with Crippen LogP contribution in [0.3, 0.4) is 0 Å². The number of aliphatic imine (C=N–C) groups is 1. The number of ketones is 1. The molecule has 5 nitrogen and oxygen atoms in total. The van der Waals surface area contributed by atoms with Crippen molar-refractivity contribution in [2.24, 2.45) is 16.3 Å². The molecule has 0 amide bonds. The highest BCUT2D eigenvalue weighted by molar-refractivity contribution is 6.12. The second-order valence-electron chi connectivity index (χ2n) is 7.55. The Balaban J connectivity index is 2.15. The van der Waals surface area contributed by atoms with E-state index < -0.39 is 11.9 Å². The molecule has 1 aliphatic heterocycles. The van der Waals surface area contributed by atoms with Crippen molar-refractivity contribution < 1.29 is 14.3 Å². The van der Waals surface area contributed by atoms with Crippen LogP contribution in [-0.2, 0) is 14.3 Å². The van der Waals surface area contributed by atoms with Gasteiger partial charge in [0, 0.05) is 36.1 Å². The summed E-state index contributed by atoms with van der Waals surface area (Å²) in [4.78, 5) is 34.5. The van der Waals surface area contributed by atoms with E-state index in [4.69, 9.17) is 4.74 Å². The van der Waals surface area contributed by atoms with Gasteiger partial charge in [0.1, 0.15) is 5.78 Å². The average molecular weight is 340 g/mol. The monoisotopic (exact) mass is 340 g/mol. The molecule has 0 N–H and O–H groups in total. The van der Waals surface area contributed by atoms with E-state index in [2.05, 4.69) is 23.8 Å². The minimum Gasteiger partial charge on any atom is -0.463 e. The molecule has 2 heterocycles. The Hall–Kier alpha value is -2.30. The number of ether oxygens (including phenoxy) is 1. The molecule has 2 unspecified atom stereocenters. The number of esters is 1. The maximum atomic E-state index is 13.0. The van der Waals surface area contributed by atoms with Crippen LogP contribution in [0.5, 0.6) is 0 Å². The van der Waals surface area contributed by atoms with Gasteiger partial charge >= 0.3 is 5.97 Å². The first-order chi connectivity index (χ1) is 11.8. The van der Waals surface area contributed by atoms with Gasteiger partial charge in [-0.1, -0.05) is 19.9 Å². The van der Waals surface area contributed by atoms with E-state index in [0.717, 1.165) is 17.7 Å². The third-order valence-corrected chi connectivity index (χ3v) is 4.90. The van der Waals surface area contributed by atoms with Crippen molar-refractivity contribution in [3.8, 4) is 0 Å². The minimum absolute atomic E-state index is 0.104. The number of Topliss-reactive ketones (excluding diaryl/α,β-unsaturated/α-hetero) is 1. The van der Waals surface area contributed by atoms with Crippen molar-refractivity contribution in [2.45, 2.75) is 46.5 Å². The highest BCUT2D eigenvalue weighted by Gasteiger charge is 2.47. The average Bonchev–Trinajstić information content (AvgIpc) is 2.53. The lowest BCUT2D eigenvalue weighted by molar-refractivity contribution is -0.139. The number of nitrogens with zero attached hydrogens (tertiary/aromatic N) is 2. The fourth-order valence-corrected chi connectivity index (χ4v) is 3.99. The zero-order chi connectivity index (χ0) is 18.2. The molecule has 1 aromatic heterocycles. The van der Waals surface area contributed by atoms with Crippen LogP contribution in [0.25, 0.3) is 0 Å². The molecule has 2 atom stereocenters. The third kappa shape index (κ3) is 3.28. The number of pyridine rings is 1. The normalized spacial score (nSPS) is 25.3. The van der Waals surface area contributed by atoms with Gasteiger partial charge in [0.15, 0.2) is 0 Å². The summed E-state index contributed by atoms with van der Waals surface area (Å²) >= 11 is 0. The van der Waals surface area contributed by atoms with E-state index in [9.17, 15) is 9.59 Å². The van der Waals surface area contributed by atoms with Crippen LogP contribution in [0.2, 0.25) is 0 Å². The Morgan fingerprint density at radius 1 is 1.32 bits per heavy atom. The molecule has 132 valence electrons. The zero-order valence-corrected chi connectivity index (χ0v) is 15.2. The summed E-state index contributed by atoms with van der Waals surface area (Å²) in [6, 6.07) is 3.75. The van der Waals surface area contributed by atoms with Gasteiger partial charge in [-0.15, -0.1) is 0 Å². The maximum Gasteiger partial charge on any atom is 0.336 e. The number of carbonyl (C=O) groups excluding carboxylic acids is 2. The van der Waals surface area contributed by atoms with Crippen molar-refractivity contribution in [3.05, 3.63) is 41.4 Å². The molecule has 0 radical (unpaired) electrons. The molecule has 0 saturated heterocycles. The second kappa shape index (κ2) is 6.54. The van der Waals surface area contributed by atoms with Gasteiger partial charge in [0.25, 0.3) is 0 Å². The first-order valence-electron chi connectivity index (χ1n) is 8.72. The number of aromatic nitrogens is 1. The molecule has 0 bridgehead atoms. The molecule has 0 spiro atoms. The number of hydrogen-bond acceptors (Lipinski definition) is 5. The Labute approximate surface area is 148 Å². The lowest BCUT2D eigenvalue weighted by Crippen LogP contribution is -2.44. The lowest BCUT2D eigenvalue weighted by atomic mass is 9.63. The zero-order valence-electron chi connectivity index (χ0n) is 15.2. The van der Waals surface area contributed by atoms with Crippen molar-refractivity contribution in [1.82, 2.24) is 4.98 Å². The number of carbonyl (C=O) groups is 2. The predicted molar refractivity (Wildman–Crippen MR) is 95.3 cm³/mol. The van der Waals surface area contributed by atoms with Crippen LogP contribution in [0.4, 0.5) is 0 Å². The summed E-state index contributed by atoms with van der Waals surface area (Å²) in [7, 11) is 0. The van der Waals surface area contributed by atoms with Crippen LogP contribution < -0.4 is 0 Å². The summed E-state index contributed by atoms with van der Waals surface area (Å²) in [6.07, 6.45) is 4.66. The fraction of sp³-hybridized carbons (Fsp3) is 0.500. The van der Waals surface area contributed by atoms with Crippen LogP contribution in [0.1, 0.15) is 52.0 Å². The Kier molecular flexibility index (Phi) is 4.58. The minimum atomic E-state index is -0.402. The Morgan fingerprint density at radius 3 is 2.72 bits per heavy atom. The Morgan fingerprint density at radius 2 is 2.08 bits per heavy atom. The SMILES string of the molecule is CCOC(=O)C1=C(C)N=C2CC(C)(C)CC(=O)C2C1c1cccnc1. The Bertz CT molecular complexity index is 762. The number of allylic oxidation sites excluding steroid dienone is 1. The molecule has 2 aliphatic rings. The first kappa shape index (κ1) is 17.5. The van der Waals surface area contributed by atoms with Crippen LogP contribution >= 0.6 is 0 Å². The van der Waals surface area contributed by atoms with Gasteiger partial charge < -0.3 is 4.74 Å². The maximum absolute atomic E-state index is 13.0. The highest BCUT2D eigenvalue weighted by Crippen LogP contribution is 2.46. The second-order valence-corrected chi connectivity index (χ2v) is 7.55. The van der Waals surface area contributed by atoms with Gasteiger partial charge in [-0.2, -0.15) is 0 Å². The molecule has 3 rings (SSSR count). The summed E-state index contributed by atoms with van der Waals surface area (Å²) in [5.41, 5.74) is 2.75. The van der Waals surface area contributed by atoms with Crippen LogP contribution in [0, 0.1) is 11.3 Å². The van der Waals surface area contributed by atoms with Gasteiger partial charge in [-0.05, 0) is 37.3 Å². The first-order valence-corrected chi connectivity index (χ1v) is 8.72. The van der Waals surface area contributed by atoms with Gasteiger partial charge in [0.2, 0.25) is 0 Å². The number of fused-ring (bicyclic) bond motifs is 1. The summed E-state index contributed by atoms with van der Waals surface area (Å²) < 4.78 is 5.26. The summed E-state index contributed by atoms with van der Waals surface area (Å²) in [6.45, 7) is 8.06. The van der Waals surface area contributed by atoms with E-state index in [-0.39, 0.29) is 23.7 Å². The third-order valence-electron chi connectivity index (χ3n) is 4.90. The summed E-state index contributed by atoms with van der Waals surface area (Å²) in [5.74, 6) is -1.03. The molecule has 1 aromatic rings. The number of hydrogen-bond donors (Lipinski definition) is 0. The molecule has 1 fully saturated rings. The molecule has 5 heteroatoms. The highest BCUT2D eigenvalue weighted by atomic mass is 16.5. The quantitative estimate of drug-likeness (QED) is 0.790. The van der Waals surface area contributed by atoms with Crippen molar-refractivity contribution in [2.75, 3.05) is 6.61 Å². The lowest BCUT2D eigenvalue weighted by Gasteiger charge is -2.40. The topological polar surface area (TPSA) is 68.6 Å². The van der Waals surface area contributed by atoms with Crippen LogP contribution in [-0.4, -0.2) is 29.1 Å². The fourth-order valence-electron chi connectivity index (χ4n) is 3.99. The van der Waals surface area contributed by atoms with Crippen molar-refractivity contribution in [1.29, 1.82) is 0 Å². The predicted octanol–water partition coefficient (Wildman–Crippen LogP) is 3.46.